The number of nitrogens with one attached hydrogen (secondary N) is 2. The van der Waals surface area contributed by atoms with Crippen LogP contribution in [0, 0.1) is 0 Å². The topological polar surface area (TPSA) is 41.1 Å². The first-order valence-electron chi connectivity index (χ1n) is 6.20. The molecule has 1 atom stereocenters. The first-order valence-corrected chi connectivity index (χ1v) is 6.20. The zero-order valence-corrected chi connectivity index (χ0v) is 10.7. The molecule has 3 nitrogen and oxygen atoms in total. The molecule has 0 aromatic heterocycles. The Morgan fingerprint density at radius 2 is 2.00 bits per heavy atom. The van der Waals surface area contributed by atoms with E-state index in [0.717, 1.165) is 13.0 Å². The van der Waals surface area contributed by atoms with Gasteiger partial charge in [0.2, 0.25) is 5.91 Å². The summed E-state index contributed by atoms with van der Waals surface area (Å²) in [6.07, 6.45) is 1.49. The molecule has 1 rings (SSSR count). The van der Waals surface area contributed by atoms with Gasteiger partial charge in [-0.25, -0.2) is 0 Å². The summed E-state index contributed by atoms with van der Waals surface area (Å²) in [4.78, 5) is 11.5. The van der Waals surface area contributed by atoms with Crippen LogP contribution >= 0.6 is 0 Å². The highest BCUT2D eigenvalue weighted by Crippen LogP contribution is 2.12. The fourth-order valence-corrected chi connectivity index (χ4v) is 1.68. The van der Waals surface area contributed by atoms with Crippen molar-refractivity contribution in [3.05, 3.63) is 35.9 Å². The molecule has 17 heavy (non-hydrogen) atoms. The van der Waals surface area contributed by atoms with Crippen LogP contribution in [0.3, 0.4) is 0 Å². The summed E-state index contributed by atoms with van der Waals surface area (Å²) < 4.78 is 0. The number of carbonyl (C=O) groups excluding carboxylic acids is 1. The molecule has 0 radical (unpaired) electrons. The van der Waals surface area contributed by atoms with E-state index in [1.165, 1.54) is 5.56 Å². The second-order valence-electron chi connectivity index (χ2n) is 4.32. The highest BCUT2D eigenvalue weighted by atomic mass is 16.1. The SMILES string of the molecule is CNCCCC(=O)NCC(C)c1ccccc1. The second-order valence-corrected chi connectivity index (χ2v) is 4.32. The van der Waals surface area contributed by atoms with Crippen LogP contribution in [0.1, 0.15) is 31.2 Å². The maximum atomic E-state index is 11.5. The van der Waals surface area contributed by atoms with E-state index in [0.29, 0.717) is 18.9 Å². The van der Waals surface area contributed by atoms with Crippen LogP contribution in [0.4, 0.5) is 0 Å². The smallest absolute Gasteiger partial charge is 0.220 e. The molecule has 0 bridgehead atoms. The van der Waals surface area contributed by atoms with Gasteiger partial charge >= 0.3 is 0 Å². The molecule has 0 spiro atoms. The van der Waals surface area contributed by atoms with Crippen molar-refractivity contribution in [2.45, 2.75) is 25.7 Å². The van der Waals surface area contributed by atoms with E-state index in [1.54, 1.807) is 0 Å². The molecule has 0 saturated carbocycles. The largest absolute Gasteiger partial charge is 0.356 e. The Kier molecular flexibility index (Phi) is 6.33. The molecule has 3 heteroatoms. The maximum absolute atomic E-state index is 11.5. The summed E-state index contributed by atoms with van der Waals surface area (Å²) in [7, 11) is 1.90. The monoisotopic (exact) mass is 234 g/mol. The van der Waals surface area contributed by atoms with Crippen LogP contribution in [0.5, 0.6) is 0 Å². The van der Waals surface area contributed by atoms with E-state index in [-0.39, 0.29) is 5.91 Å². The summed E-state index contributed by atoms with van der Waals surface area (Å²) in [6, 6.07) is 10.3. The zero-order valence-electron chi connectivity index (χ0n) is 10.7. The van der Waals surface area contributed by atoms with Gasteiger partial charge in [0.1, 0.15) is 0 Å². The number of amides is 1. The molecule has 1 unspecified atom stereocenters. The number of hydrogen-bond acceptors (Lipinski definition) is 2. The molecule has 1 amide bonds. The molecular formula is C14H22N2O. The molecule has 0 aliphatic heterocycles. The van der Waals surface area contributed by atoms with Gasteiger partial charge < -0.3 is 10.6 Å². The van der Waals surface area contributed by atoms with Crippen molar-refractivity contribution in [2.75, 3.05) is 20.1 Å². The molecule has 1 aromatic carbocycles. The van der Waals surface area contributed by atoms with E-state index in [2.05, 4.69) is 29.7 Å². The van der Waals surface area contributed by atoms with Gasteiger partial charge in [-0.3, -0.25) is 4.79 Å². The number of carbonyl (C=O) groups is 1. The molecule has 0 heterocycles. The Bertz CT molecular complexity index is 324. The second kappa shape index (κ2) is 7.85. The van der Waals surface area contributed by atoms with E-state index >= 15 is 0 Å². The van der Waals surface area contributed by atoms with E-state index in [1.807, 2.05) is 25.2 Å². The third kappa shape index (κ3) is 5.50. The van der Waals surface area contributed by atoms with Gasteiger partial charge in [0.15, 0.2) is 0 Å². The Balaban J connectivity index is 2.24. The molecule has 1 aromatic rings. The number of benzene rings is 1. The number of rotatable bonds is 7. The summed E-state index contributed by atoms with van der Waals surface area (Å²) in [5.74, 6) is 0.507. The van der Waals surface area contributed by atoms with Gasteiger partial charge in [-0.2, -0.15) is 0 Å². The Hall–Kier alpha value is -1.35. The lowest BCUT2D eigenvalue weighted by Crippen LogP contribution is -2.27. The minimum atomic E-state index is 0.142. The number of hydrogen-bond donors (Lipinski definition) is 2. The van der Waals surface area contributed by atoms with Crippen molar-refractivity contribution in [1.82, 2.24) is 10.6 Å². The molecule has 0 aliphatic rings. The minimum absolute atomic E-state index is 0.142. The molecule has 0 fully saturated rings. The molecule has 94 valence electrons. The van der Waals surface area contributed by atoms with Crippen molar-refractivity contribution < 1.29 is 4.79 Å². The third-order valence-electron chi connectivity index (χ3n) is 2.80. The highest BCUT2D eigenvalue weighted by Gasteiger charge is 2.06. The average molecular weight is 234 g/mol. The van der Waals surface area contributed by atoms with Crippen LogP contribution in [-0.2, 0) is 4.79 Å². The summed E-state index contributed by atoms with van der Waals surface area (Å²) in [6.45, 7) is 3.73. The Morgan fingerprint density at radius 1 is 1.29 bits per heavy atom. The first-order chi connectivity index (χ1) is 8.24. The van der Waals surface area contributed by atoms with E-state index in [4.69, 9.17) is 0 Å². The van der Waals surface area contributed by atoms with E-state index in [9.17, 15) is 4.79 Å². The van der Waals surface area contributed by atoms with Crippen molar-refractivity contribution in [2.24, 2.45) is 0 Å². The van der Waals surface area contributed by atoms with Crippen molar-refractivity contribution in [3.63, 3.8) is 0 Å². The highest BCUT2D eigenvalue weighted by molar-refractivity contribution is 5.75. The predicted octanol–water partition coefficient (Wildman–Crippen LogP) is 1.91. The normalized spacial score (nSPS) is 12.1. The summed E-state index contributed by atoms with van der Waals surface area (Å²) in [5.41, 5.74) is 1.27. The average Bonchev–Trinajstić information content (AvgIpc) is 2.37. The van der Waals surface area contributed by atoms with Gasteiger partial charge in [-0.15, -0.1) is 0 Å². The predicted molar refractivity (Wildman–Crippen MR) is 71.0 cm³/mol. The van der Waals surface area contributed by atoms with Crippen LogP contribution in [-0.4, -0.2) is 26.0 Å². The molecule has 2 N–H and O–H groups in total. The molecule has 0 aliphatic carbocycles. The summed E-state index contributed by atoms with van der Waals surface area (Å²) >= 11 is 0. The van der Waals surface area contributed by atoms with Gasteiger partial charge in [0, 0.05) is 13.0 Å². The fourth-order valence-electron chi connectivity index (χ4n) is 1.68. The van der Waals surface area contributed by atoms with Gasteiger partial charge in [-0.1, -0.05) is 37.3 Å². The van der Waals surface area contributed by atoms with E-state index < -0.39 is 0 Å². The van der Waals surface area contributed by atoms with Gasteiger partial charge in [0.05, 0.1) is 0 Å². The minimum Gasteiger partial charge on any atom is -0.356 e. The Labute approximate surface area is 104 Å². The maximum Gasteiger partial charge on any atom is 0.220 e. The lowest BCUT2D eigenvalue weighted by molar-refractivity contribution is -0.121. The van der Waals surface area contributed by atoms with Crippen molar-refractivity contribution in [1.29, 1.82) is 0 Å². The van der Waals surface area contributed by atoms with Gasteiger partial charge in [-0.05, 0) is 31.5 Å². The van der Waals surface area contributed by atoms with Gasteiger partial charge in [0.25, 0.3) is 0 Å². The zero-order chi connectivity index (χ0) is 12.5. The fraction of sp³-hybridized carbons (Fsp3) is 0.500. The third-order valence-corrected chi connectivity index (χ3v) is 2.80. The molecule has 0 saturated heterocycles. The lowest BCUT2D eigenvalue weighted by atomic mass is 10.0. The van der Waals surface area contributed by atoms with Crippen LogP contribution < -0.4 is 10.6 Å². The Morgan fingerprint density at radius 3 is 2.65 bits per heavy atom. The van der Waals surface area contributed by atoms with Crippen molar-refractivity contribution >= 4 is 5.91 Å². The lowest BCUT2D eigenvalue weighted by Gasteiger charge is -2.13. The van der Waals surface area contributed by atoms with Crippen LogP contribution in [0.2, 0.25) is 0 Å². The van der Waals surface area contributed by atoms with Crippen LogP contribution in [0.25, 0.3) is 0 Å². The standard InChI is InChI=1S/C14H22N2O/c1-12(13-7-4-3-5-8-13)11-16-14(17)9-6-10-15-2/h3-5,7-8,12,15H,6,9-11H2,1-2H3,(H,16,17). The molecular weight excluding hydrogens is 212 g/mol. The summed E-state index contributed by atoms with van der Waals surface area (Å²) in [5, 5.41) is 6.01. The quantitative estimate of drug-likeness (QED) is 0.708. The first kappa shape index (κ1) is 13.7. The van der Waals surface area contributed by atoms with Crippen molar-refractivity contribution in [3.8, 4) is 0 Å². The van der Waals surface area contributed by atoms with Crippen LogP contribution in [0.15, 0.2) is 30.3 Å².